The van der Waals surface area contributed by atoms with Crippen LogP contribution < -0.4 is 0 Å². The molecular formula is C16H24Cl2O2. The number of hydrogen-bond donors (Lipinski definition) is 1. The summed E-state index contributed by atoms with van der Waals surface area (Å²) in [7, 11) is 0. The molecule has 4 atom stereocenters. The Hall–Kier alpha value is 0.210. The predicted molar refractivity (Wildman–Crippen MR) is 81.0 cm³/mol. The van der Waals surface area contributed by atoms with Crippen molar-refractivity contribution in [1.29, 1.82) is 0 Å². The number of carbonyl (C=O) groups excluding carboxylic acids is 1. The van der Waals surface area contributed by atoms with Gasteiger partial charge in [0.05, 0.1) is 0 Å². The van der Waals surface area contributed by atoms with E-state index in [-0.39, 0.29) is 27.9 Å². The van der Waals surface area contributed by atoms with E-state index in [0.717, 1.165) is 25.7 Å². The molecule has 20 heavy (non-hydrogen) atoms. The van der Waals surface area contributed by atoms with Gasteiger partial charge in [-0.3, -0.25) is 4.79 Å². The first kappa shape index (κ1) is 15.1. The Morgan fingerprint density at radius 2 is 1.65 bits per heavy atom. The van der Waals surface area contributed by atoms with Gasteiger partial charge in [-0.1, -0.05) is 27.2 Å². The highest BCUT2D eigenvalue weighted by molar-refractivity contribution is 6.52. The van der Waals surface area contributed by atoms with Crippen LogP contribution in [0.15, 0.2) is 0 Å². The van der Waals surface area contributed by atoms with E-state index >= 15 is 0 Å². The number of Topliss-reactive ketones (excluding diaryl/α,β-unsaturated/α-hetero) is 1. The van der Waals surface area contributed by atoms with Crippen molar-refractivity contribution in [3.63, 3.8) is 0 Å². The molecule has 0 aliphatic heterocycles. The fourth-order valence-corrected chi connectivity index (χ4v) is 6.67. The molecule has 0 aromatic carbocycles. The molecule has 114 valence electrons. The Bertz CT molecular complexity index is 483. The molecule has 3 fully saturated rings. The molecule has 3 aliphatic rings. The predicted octanol–water partition coefficient (Wildman–Crippen LogP) is 4.11. The maximum absolute atomic E-state index is 12.9. The topological polar surface area (TPSA) is 37.3 Å². The molecular weight excluding hydrogens is 295 g/mol. The number of ketones is 1. The Morgan fingerprint density at radius 1 is 1.05 bits per heavy atom. The Balaban J connectivity index is 2.18. The molecule has 0 radical (unpaired) electrons. The molecule has 0 heterocycles. The second kappa shape index (κ2) is 3.75. The van der Waals surface area contributed by atoms with E-state index in [9.17, 15) is 9.90 Å². The van der Waals surface area contributed by atoms with Crippen molar-refractivity contribution >= 4 is 29.0 Å². The first-order valence-corrected chi connectivity index (χ1v) is 8.34. The molecule has 0 aromatic rings. The maximum atomic E-state index is 12.9. The summed E-state index contributed by atoms with van der Waals surface area (Å²) in [6, 6.07) is 0. The molecule has 4 heteroatoms. The minimum Gasteiger partial charge on any atom is -0.382 e. The second-order valence-corrected chi connectivity index (χ2v) is 9.62. The van der Waals surface area contributed by atoms with E-state index < -0.39 is 9.93 Å². The second-order valence-electron chi connectivity index (χ2n) is 8.29. The summed E-state index contributed by atoms with van der Waals surface area (Å²) in [6.07, 6.45) is 4.20. The van der Waals surface area contributed by atoms with Crippen molar-refractivity contribution in [3.8, 4) is 0 Å². The van der Waals surface area contributed by atoms with Crippen molar-refractivity contribution in [2.75, 3.05) is 0 Å². The van der Waals surface area contributed by atoms with Gasteiger partial charge in [0.1, 0.15) is 9.93 Å². The van der Waals surface area contributed by atoms with Gasteiger partial charge in [-0.05, 0) is 38.0 Å². The van der Waals surface area contributed by atoms with E-state index in [1.165, 1.54) is 0 Å². The summed E-state index contributed by atoms with van der Waals surface area (Å²) in [4.78, 5) is 12.9. The van der Waals surface area contributed by atoms with Crippen LogP contribution >= 0.6 is 23.2 Å². The first-order valence-electron chi connectivity index (χ1n) is 7.59. The summed E-state index contributed by atoms with van der Waals surface area (Å²) in [5, 5.41) is 10.5. The van der Waals surface area contributed by atoms with Crippen LogP contribution in [0.1, 0.15) is 59.8 Å². The summed E-state index contributed by atoms with van der Waals surface area (Å²) >= 11 is 13.4. The highest BCUT2D eigenvalue weighted by atomic mass is 35.5. The van der Waals surface area contributed by atoms with Crippen LogP contribution in [0.25, 0.3) is 0 Å². The van der Waals surface area contributed by atoms with Gasteiger partial charge in [0.2, 0.25) is 0 Å². The molecule has 2 nitrogen and oxygen atoms in total. The average Bonchev–Trinajstić information content (AvgIpc) is 2.69. The van der Waals surface area contributed by atoms with E-state index in [1.807, 2.05) is 0 Å². The van der Waals surface area contributed by atoms with E-state index in [2.05, 4.69) is 20.8 Å². The zero-order chi connectivity index (χ0) is 15.2. The molecule has 0 bridgehead atoms. The van der Waals surface area contributed by atoms with Gasteiger partial charge in [-0.25, -0.2) is 0 Å². The lowest BCUT2D eigenvalue weighted by Gasteiger charge is -2.47. The van der Waals surface area contributed by atoms with Crippen molar-refractivity contribution in [1.82, 2.24) is 0 Å². The number of hydrogen-bond acceptors (Lipinski definition) is 2. The van der Waals surface area contributed by atoms with E-state index in [0.29, 0.717) is 6.42 Å². The van der Waals surface area contributed by atoms with Crippen LogP contribution in [0.2, 0.25) is 0 Å². The van der Waals surface area contributed by atoms with Crippen LogP contribution in [0.5, 0.6) is 0 Å². The summed E-state index contributed by atoms with van der Waals surface area (Å²) in [6.45, 7) is 8.04. The normalized spacial score (nSPS) is 52.8. The van der Waals surface area contributed by atoms with Gasteiger partial charge in [0, 0.05) is 16.7 Å². The average molecular weight is 319 g/mol. The zero-order valence-electron chi connectivity index (χ0n) is 12.7. The first-order chi connectivity index (χ1) is 8.94. The van der Waals surface area contributed by atoms with E-state index in [1.54, 1.807) is 6.92 Å². The third kappa shape index (κ3) is 1.39. The highest BCUT2D eigenvalue weighted by Crippen LogP contribution is 2.87. The largest absolute Gasteiger partial charge is 0.382 e. The van der Waals surface area contributed by atoms with Gasteiger partial charge < -0.3 is 5.11 Å². The molecule has 3 saturated carbocycles. The van der Waals surface area contributed by atoms with Gasteiger partial charge >= 0.3 is 0 Å². The number of aliphatic hydroxyl groups is 1. The monoisotopic (exact) mass is 318 g/mol. The van der Waals surface area contributed by atoms with Crippen molar-refractivity contribution < 1.29 is 9.90 Å². The Morgan fingerprint density at radius 3 is 2.25 bits per heavy atom. The molecule has 3 rings (SSSR count). The standard InChI is InChI=1S/C16H24Cl2O2/c1-12(2)6-5-7-14(4)15(16(14,17)18)9-8-13(3,20)11(19)10(12)15/h10,20H,5-9H2,1-4H3/t10-,13+,14-,15+/m1/s1. The van der Waals surface area contributed by atoms with Gasteiger partial charge in [-0.2, -0.15) is 0 Å². The number of alkyl halides is 2. The quantitative estimate of drug-likeness (QED) is 0.682. The fraction of sp³-hybridized carbons (Fsp3) is 0.938. The minimum absolute atomic E-state index is 0.0509. The van der Waals surface area contributed by atoms with Crippen LogP contribution in [0, 0.1) is 22.2 Å². The molecule has 0 aromatic heterocycles. The lowest BCUT2D eigenvalue weighted by atomic mass is 9.57. The van der Waals surface area contributed by atoms with Crippen LogP contribution in [0.3, 0.4) is 0 Å². The molecule has 0 unspecified atom stereocenters. The smallest absolute Gasteiger partial charge is 0.168 e. The summed E-state index contributed by atoms with van der Waals surface area (Å²) < 4.78 is -0.839. The van der Waals surface area contributed by atoms with Crippen LogP contribution in [0.4, 0.5) is 0 Å². The van der Waals surface area contributed by atoms with Crippen molar-refractivity contribution in [2.24, 2.45) is 22.2 Å². The molecule has 0 saturated heterocycles. The summed E-state index contributed by atoms with van der Waals surface area (Å²) in [5.74, 6) is -0.300. The third-order valence-corrected chi connectivity index (χ3v) is 8.26. The number of halogens is 2. The Labute approximate surface area is 131 Å². The van der Waals surface area contributed by atoms with Crippen molar-refractivity contribution in [2.45, 2.75) is 69.7 Å². The molecule has 1 N–H and O–H groups in total. The maximum Gasteiger partial charge on any atom is 0.168 e. The lowest BCUT2D eigenvalue weighted by molar-refractivity contribution is -0.156. The number of carbonyl (C=O) groups is 1. The van der Waals surface area contributed by atoms with Gasteiger partial charge in [-0.15, -0.1) is 23.2 Å². The van der Waals surface area contributed by atoms with E-state index in [4.69, 9.17) is 23.2 Å². The Kier molecular flexibility index (Phi) is 2.84. The molecule has 1 spiro atoms. The minimum atomic E-state index is -1.23. The fourth-order valence-electron chi connectivity index (χ4n) is 5.41. The van der Waals surface area contributed by atoms with Gasteiger partial charge in [0.25, 0.3) is 0 Å². The molecule has 0 amide bonds. The highest BCUT2D eigenvalue weighted by Gasteiger charge is 2.89. The summed E-state index contributed by atoms with van der Waals surface area (Å²) in [5.41, 5.74) is -1.95. The zero-order valence-corrected chi connectivity index (χ0v) is 14.2. The third-order valence-electron chi connectivity index (χ3n) is 6.75. The number of rotatable bonds is 0. The lowest BCUT2D eigenvalue weighted by Crippen LogP contribution is -2.54. The van der Waals surface area contributed by atoms with Crippen molar-refractivity contribution in [3.05, 3.63) is 0 Å². The molecule has 3 aliphatic carbocycles. The SMILES string of the molecule is CC1(C)CCC[C@@]2(C)C(Cl)(Cl)[C@]23CC[C@](C)(O)C(=O)[C@H]13. The van der Waals surface area contributed by atoms with Crippen LogP contribution in [-0.2, 0) is 4.79 Å². The van der Waals surface area contributed by atoms with Gasteiger partial charge in [0.15, 0.2) is 5.78 Å². The van der Waals surface area contributed by atoms with Crippen LogP contribution in [-0.4, -0.2) is 20.8 Å².